The van der Waals surface area contributed by atoms with Crippen LogP contribution in [0, 0.1) is 17.3 Å². The molecule has 3 unspecified atom stereocenters. The van der Waals surface area contributed by atoms with Crippen molar-refractivity contribution in [2.24, 2.45) is 23.0 Å². The van der Waals surface area contributed by atoms with E-state index in [0.717, 1.165) is 24.4 Å². The monoisotopic (exact) mass is 266 g/mol. The second-order valence-electron chi connectivity index (χ2n) is 7.73. The Morgan fingerprint density at radius 1 is 1.16 bits per heavy atom. The molecule has 112 valence electrons. The molecule has 1 saturated heterocycles. The molecule has 2 fully saturated rings. The summed E-state index contributed by atoms with van der Waals surface area (Å²) in [5.41, 5.74) is 6.61. The van der Waals surface area contributed by atoms with Crippen LogP contribution >= 0.6 is 0 Å². The van der Waals surface area contributed by atoms with Crippen molar-refractivity contribution in [3.05, 3.63) is 0 Å². The fourth-order valence-electron chi connectivity index (χ4n) is 4.15. The van der Waals surface area contributed by atoms with Crippen LogP contribution in [0.5, 0.6) is 0 Å². The van der Waals surface area contributed by atoms with Crippen molar-refractivity contribution in [1.82, 2.24) is 4.90 Å². The molecule has 19 heavy (non-hydrogen) atoms. The van der Waals surface area contributed by atoms with Gasteiger partial charge in [-0.25, -0.2) is 0 Å². The van der Waals surface area contributed by atoms with E-state index >= 15 is 0 Å². The third-order valence-electron chi connectivity index (χ3n) is 5.68. The molecule has 1 aliphatic carbocycles. The Hall–Kier alpha value is -0.0800. The van der Waals surface area contributed by atoms with Crippen molar-refractivity contribution in [3.8, 4) is 0 Å². The van der Waals surface area contributed by atoms with Crippen LogP contribution in [0.1, 0.15) is 65.7 Å². The zero-order valence-corrected chi connectivity index (χ0v) is 13.3. The molecule has 1 saturated carbocycles. The van der Waals surface area contributed by atoms with Crippen LogP contribution in [-0.2, 0) is 0 Å². The lowest BCUT2D eigenvalue weighted by atomic mass is 9.74. The zero-order chi connectivity index (χ0) is 13.9. The number of likely N-dealkylation sites (tertiary alicyclic amines) is 1. The maximum absolute atomic E-state index is 6.05. The van der Waals surface area contributed by atoms with Crippen molar-refractivity contribution in [1.29, 1.82) is 0 Å². The van der Waals surface area contributed by atoms with Gasteiger partial charge in [0.05, 0.1) is 0 Å². The van der Waals surface area contributed by atoms with Gasteiger partial charge in [0.2, 0.25) is 0 Å². The lowest BCUT2D eigenvalue weighted by Gasteiger charge is -2.47. The largest absolute Gasteiger partial charge is 0.330 e. The quantitative estimate of drug-likeness (QED) is 0.841. The fraction of sp³-hybridized carbons (Fsp3) is 1.00. The first kappa shape index (κ1) is 15.3. The molecule has 2 aliphatic rings. The van der Waals surface area contributed by atoms with Crippen molar-refractivity contribution < 1.29 is 0 Å². The van der Waals surface area contributed by atoms with Gasteiger partial charge < -0.3 is 10.6 Å². The lowest BCUT2D eigenvalue weighted by Crippen LogP contribution is -2.50. The highest BCUT2D eigenvalue weighted by molar-refractivity contribution is 4.90. The van der Waals surface area contributed by atoms with E-state index in [1.165, 1.54) is 58.0 Å². The summed E-state index contributed by atoms with van der Waals surface area (Å²) in [6.45, 7) is 10.7. The average molecular weight is 266 g/mol. The predicted octanol–water partition coefficient (Wildman–Crippen LogP) is 3.65. The number of nitrogens with two attached hydrogens (primary N) is 1. The van der Waals surface area contributed by atoms with Crippen molar-refractivity contribution in [2.75, 3.05) is 19.6 Å². The highest BCUT2D eigenvalue weighted by Crippen LogP contribution is 2.38. The molecule has 1 aliphatic heterocycles. The van der Waals surface area contributed by atoms with Gasteiger partial charge in [-0.1, -0.05) is 40.0 Å². The summed E-state index contributed by atoms with van der Waals surface area (Å²) < 4.78 is 0. The molecule has 0 radical (unpaired) electrons. The van der Waals surface area contributed by atoms with Crippen molar-refractivity contribution >= 4 is 0 Å². The minimum atomic E-state index is 0.562. The van der Waals surface area contributed by atoms with Gasteiger partial charge in [-0.15, -0.1) is 0 Å². The third kappa shape index (κ3) is 3.95. The molecule has 0 aromatic heterocycles. The second-order valence-corrected chi connectivity index (χ2v) is 7.73. The molecule has 0 spiro atoms. The van der Waals surface area contributed by atoms with Crippen LogP contribution < -0.4 is 5.73 Å². The summed E-state index contributed by atoms with van der Waals surface area (Å²) in [6, 6.07) is 0.784. The summed E-state index contributed by atoms with van der Waals surface area (Å²) in [5.74, 6) is 1.72. The molecule has 0 aromatic rings. The predicted molar refractivity (Wildman–Crippen MR) is 83.2 cm³/mol. The van der Waals surface area contributed by atoms with E-state index in [-0.39, 0.29) is 0 Å². The normalized spacial score (nSPS) is 36.3. The topological polar surface area (TPSA) is 29.3 Å². The minimum Gasteiger partial charge on any atom is -0.330 e. The van der Waals surface area contributed by atoms with E-state index in [2.05, 4.69) is 25.7 Å². The molecule has 1 heterocycles. The first-order chi connectivity index (χ1) is 9.05. The zero-order valence-electron chi connectivity index (χ0n) is 13.3. The van der Waals surface area contributed by atoms with Crippen LogP contribution in [0.3, 0.4) is 0 Å². The highest BCUT2D eigenvalue weighted by atomic mass is 15.2. The molecular formula is C17H34N2. The summed E-state index contributed by atoms with van der Waals surface area (Å²) >= 11 is 0. The minimum absolute atomic E-state index is 0.562. The first-order valence-corrected chi connectivity index (χ1v) is 8.50. The Morgan fingerprint density at radius 3 is 2.42 bits per heavy atom. The molecule has 0 bridgehead atoms. The lowest BCUT2D eigenvalue weighted by molar-refractivity contribution is 0.0328. The third-order valence-corrected chi connectivity index (χ3v) is 5.68. The number of rotatable bonds is 4. The molecule has 2 rings (SSSR count). The molecule has 0 amide bonds. The van der Waals surface area contributed by atoms with Crippen LogP contribution in [0.15, 0.2) is 0 Å². The summed E-state index contributed by atoms with van der Waals surface area (Å²) in [6.07, 6.45) is 9.69. The molecule has 3 atom stereocenters. The van der Waals surface area contributed by atoms with Gasteiger partial charge in [-0.3, -0.25) is 0 Å². The Kier molecular flexibility index (Phi) is 5.30. The fourth-order valence-corrected chi connectivity index (χ4v) is 4.15. The number of hydrogen-bond donors (Lipinski definition) is 1. The standard InChI is InChI=1S/C17H34N2/c1-4-5-14-6-7-15(13-18)16(12-14)19-10-8-17(2,3)9-11-19/h14-16H,4-13,18H2,1-3H3. The van der Waals surface area contributed by atoms with Gasteiger partial charge in [0.15, 0.2) is 0 Å². The molecular weight excluding hydrogens is 232 g/mol. The second kappa shape index (κ2) is 6.58. The van der Waals surface area contributed by atoms with Crippen LogP contribution in [0.25, 0.3) is 0 Å². The van der Waals surface area contributed by atoms with Gasteiger partial charge >= 0.3 is 0 Å². The van der Waals surface area contributed by atoms with Gasteiger partial charge in [-0.2, -0.15) is 0 Å². The van der Waals surface area contributed by atoms with Gasteiger partial charge in [-0.05, 0) is 62.6 Å². The van der Waals surface area contributed by atoms with E-state index in [1.807, 2.05) is 0 Å². The Bertz CT molecular complexity index is 264. The van der Waals surface area contributed by atoms with Gasteiger partial charge in [0, 0.05) is 6.04 Å². The van der Waals surface area contributed by atoms with E-state index in [9.17, 15) is 0 Å². The van der Waals surface area contributed by atoms with Gasteiger partial charge in [0.1, 0.15) is 0 Å². The van der Waals surface area contributed by atoms with Gasteiger partial charge in [0.25, 0.3) is 0 Å². The molecule has 2 nitrogen and oxygen atoms in total. The number of hydrogen-bond acceptors (Lipinski definition) is 2. The maximum atomic E-state index is 6.05. The van der Waals surface area contributed by atoms with Crippen LogP contribution in [0.4, 0.5) is 0 Å². The smallest absolute Gasteiger partial charge is 0.0138 e. The SMILES string of the molecule is CCCC1CCC(CN)C(N2CCC(C)(C)CC2)C1. The first-order valence-electron chi connectivity index (χ1n) is 8.50. The van der Waals surface area contributed by atoms with Crippen LogP contribution in [-0.4, -0.2) is 30.6 Å². The Labute approximate surface area is 120 Å². The van der Waals surface area contributed by atoms with E-state index in [4.69, 9.17) is 5.73 Å². The van der Waals surface area contributed by atoms with Crippen LogP contribution in [0.2, 0.25) is 0 Å². The molecule has 0 aromatic carbocycles. The summed E-state index contributed by atoms with van der Waals surface area (Å²) in [4.78, 5) is 2.78. The Balaban J connectivity index is 1.94. The van der Waals surface area contributed by atoms with E-state index in [0.29, 0.717) is 5.41 Å². The summed E-state index contributed by atoms with van der Waals surface area (Å²) in [7, 11) is 0. The molecule has 2 N–H and O–H groups in total. The maximum Gasteiger partial charge on any atom is 0.0138 e. The van der Waals surface area contributed by atoms with Crippen molar-refractivity contribution in [3.63, 3.8) is 0 Å². The average Bonchev–Trinajstić information content (AvgIpc) is 2.39. The number of piperidine rings is 1. The molecule has 2 heteroatoms. The summed E-state index contributed by atoms with van der Waals surface area (Å²) in [5, 5.41) is 0. The van der Waals surface area contributed by atoms with E-state index < -0.39 is 0 Å². The highest BCUT2D eigenvalue weighted by Gasteiger charge is 2.36. The van der Waals surface area contributed by atoms with E-state index in [1.54, 1.807) is 0 Å². The number of nitrogens with zero attached hydrogens (tertiary/aromatic N) is 1. The van der Waals surface area contributed by atoms with Crippen molar-refractivity contribution in [2.45, 2.75) is 71.8 Å². The Morgan fingerprint density at radius 2 is 1.84 bits per heavy atom.